The third kappa shape index (κ3) is 2.49. The molecule has 0 aromatic heterocycles. The van der Waals surface area contributed by atoms with E-state index in [9.17, 15) is 0 Å². The predicted octanol–water partition coefficient (Wildman–Crippen LogP) is 6.50. The van der Waals surface area contributed by atoms with Gasteiger partial charge in [0.15, 0.2) is 0 Å². The first-order valence-electron chi connectivity index (χ1n) is 9.08. The summed E-state index contributed by atoms with van der Waals surface area (Å²) in [4.78, 5) is 0. The molecule has 0 aromatic carbocycles. The Hall–Kier alpha value is 0.348. The number of hydrogen-bond donors (Lipinski definition) is 0. The minimum absolute atomic E-state index is 1.09. The third-order valence-corrected chi connectivity index (χ3v) is 74.8. The molecule has 0 N–H and O–H groups in total. The van der Waals surface area contributed by atoms with E-state index in [2.05, 4.69) is 67.0 Å². The Bertz CT molecular complexity index is 505. The Kier molecular flexibility index (Phi) is 4.61. The van der Waals surface area contributed by atoms with Crippen molar-refractivity contribution in [3.05, 3.63) is 22.3 Å². The lowest BCUT2D eigenvalue weighted by atomic mass is 10.2. The molecule has 2 atom stereocenters. The van der Waals surface area contributed by atoms with Crippen molar-refractivity contribution in [2.75, 3.05) is 0 Å². The Morgan fingerprint density at radius 2 is 0.682 bits per heavy atom. The predicted molar refractivity (Wildman–Crippen MR) is 114 cm³/mol. The van der Waals surface area contributed by atoms with Gasteiger partial charge in [-0.15, -0.1) is 0 Å². The molecule has 0 radical (unpaired) electrons. The van der Waals surface area contributed by atoms with Crippen molar-refractivity contribution in [3.8, 4) is 0 Å². The summed E-state index contributed by atoms with van der Waals surface area (Å²) in [6.07, 6.45) is 0. The van der Waals surface area contributed by atoms with Crippen LogP contribution in [0.1, 0.15) is 27.7 Å². The Labute approximate surface area is 142 Å². The summed E-state index contributed by atoms with van der Waals surface area (Å²) >= 11 is 0. The smallest absolute Gasteiger partial charge is 0.0430 e. The quantitative estimate of drug-likeness (QED) is 0.367. The second-order valence-corrected chi connectivity index (χ2v) is 48.9. The molecule has 2 heterocycles. The lowest BCUT2D eigenvalue weighted by molar-refractivity contribution is 1.15. The van der Waals surface area contributed by atoms with Crippen molar-refractivity contribution in [3.63, 3.8) is 0 Å². The average molecular weight is 367 g/mol. The van der Waals surface area contributed by atoms with Gasteiger partial charge in [0.05, 0.1) is 0 Å². The molecule has 2 aliphatic heterocycles. The van der Waals surface area contributed by atoms with Gasteiger partial charge in [-0.3, -0.25) is 0 Å². The molecule has 2 aliphatic rings. The van der Waals surface area contributed by atoms with Crippen LogP contribution in [-0.4, -0.2) is 29.4 Å². The molecule has 2 rings (SSSR count). The van der Waals surface area contributed by atoms with E-state index < -0.39 is 29.4 Å². The summed E-state index contributed by atoms with van der Waals surface area (Å²) in [5.41, 5.74) is 7.11. The van der Waals surface area contributed by atoms with E-state index in [1.54, 1.807) is 34.4 Å². The average Bonchev–Trinajstić information content (AvgIpc) is 2.33. The third-order valence-electron chi connectivity index (χ3n) is 8.31. The van der Waals surface area contributed by atoms with Crippen molar-refractivity contribution in [1.29, 1.82) is 0 Å². The Morgan fingerprint density at radius 1 is 0.455 bits per heavy atom. The van der Waals surface area contributed by atoms with Crippen LogP contribution in [0.4, 0.5) is 0 Å². The van der Waals surface area contributed by atoms with Gasteiger partial charge < -0.3 is 0 Å². The topological polar surface area (TPSA) is 0 Å². The van der Waals surface area contributed by atoms with Crippen LogP contribution in [0.25, 0.3) is 0 Å². The van der Waals surface area contributed by atoms with Crippen LogP contribution in [-0.2, 0) is 0 Å². The SMILES string of the molecule is CC1=C(C)C[Si](C)([Si]2(C)CC(C)=C(C)C[Si]2(C)C)[Si](C)(C)C1. The van der Waals surface area contributed by atoms with Crippen molar-refractivity contribution in [2.45, 2.75) is 91.2 Å². The molecule has 0 saturated heterocycles. The van der Waals surface area contributed by atoms with E-state index in [0.29, 0.717) is 0 Å². The van der Waals surface area contributed by atoms with Crippen molar-refractivity contribution in [1.82, 2.24) is 0 Å². The second kappa shape index (κ2) is 5.43. The monoisotopic (exact) mass is 366 g/mol. The molecular formula is C18H38Si4. The summed E-state index contributed by atoms with van der Waals surface area (Å²) in [7, 11) is -4.49. The van der Waals surface area contributed by atoms with Crippen LogP contribution in [0.2, 0.25) is 63.5 Å². The minimum atomic E-state index is -1.15. The van der Waals surface area contributed by atoms with Crippen LogP contribution in [0, 0.1) is 0 Å². The zero-order valence-corrected chi connectivity index (χ0v) is 20.8. The highest BCUT2D eigenvalue weighted by molar-refractivity contribution is 7.84. The highest BCUT2D eigenvalue weighted by Crippen LogP contribution is 2.51. The lowest BCUT2D eigenvalue weighted by Gasteiger charge is -2.62. The standard InChI is InChI=1S/C18H38Si4/c1-15-11-19(5,6)21(9,13-17(15)3)22(10)14-18(4)16(2)12-20(22,7)8/h11-14H2,1-10H3. The van der Waals surface area contributed by atoms with E-state index in [0.717, 1.165) is 0 Å². The second-order valence-electron chi connectivity index (χ2n) is 10.3. The van der Waals surface area contributed by atoms with E-state index in [-0.39, 0.29) is 0 Å². The summed E-state index contributed by atoms with van der Waals surface area (Å²) in [5, 5.41) is 0. The van der Waals surface area contributed by atoms with Gasteiger partial charge in [-0.25, -0.2) is 0 Å². The van der Waals surface area contributed by atoms with Crippen molar-refractivity contribution < 1.29 is 0 Å². The fourth-order valence-electron chi connectivity index (χ4n) is 5.74. The molecule has 0 fully saturated rings. The molecule has 0 bridgehead atoms. The van der Waals surface area contributed by atoms with Gasteiger partial charge >= 0.3 is 0 Å². The fourth-order valence-corrected chi connectivity index (χ4v) is 86.9. The van der Waals surface area contributed by atoms with Gasteiger partial charge in [0.2, 0.25) is 0 Å². The van der Waals surface area contributed by atoms with E-state index in [1.165, 1.54) is 12.1 Å². The van der Waals surface area contributed by atoms with Gasteiger partial charge in [-0.1, -0.05) is 61.6 Å². The molecule has 4 heteroatoms. The van der Waals surface area contributed by atoms with Crippen LogP contribution in [0.3, 0.4) is 0 Å². The van der Waals surface area contributed by atoms with Crippen molar-refractivity contribution in [2.24, 2.45) is 0 Å². The summed E-state index contributed by atoms with van der Waals surface area (Å²) < 4.78 is 0. The van der Waals surface area contributed by atoms with Crippen LogP contribution in [0.15, 0.2) is 22.3 Å². The molecule has 22 heavy (non-hydrogen) atoms. The molecule has 0 nitrogen and oxygen atoms in total. The first-order chi connectivity index (χ1) is 9.77. The van der Waals surface area contributed by atoms with E-state index in [4.69, 9.17) is 0 Å². The summed E-state index contributed by atoms with van der Waals surface area (Å²) in [6, 6.07) is 6.14. The zero-order chi connectivity index (χ0) is 17.1. The van der Waals surface area contributed by atoms with Gasteiger partial charge in [0.25, 0.3) is 0 Å². The molecule has 0 spiro atoms. The molecule has 126 valence electrons. The molecule has 0 aromatic rings. The molecule has 2 unspecified atom stereocenters. The maximum Gasteiger partial charge on any atom is 0.0430 e. The maximum absolute atomic E-state index is 2.89. The van der Waals surface area contributed by atoms with Gasteiger partial charge in [-0.2, -0.15) is 0 Å². The largest absolute Gasteiger partial charge is 0.0778 e. The fraction of sp³-hybridized carbons (Fsp3) is 0.778. The van der Waals surface area contributed by atoms with Crippen LogP contribution < -0.4 is 0 Å². The van der Waals surface area contributed by atoms with Gasteiger partial charge in [-0.05, 0) is 51.9 Å². The van der Waals surface area contributed by atoms with Gasteiger partial charge in [0, 0.05) is 29.4 Å². The normalized spacial score (nSPS) is 38.5. The van der Waals surface area contributed by atoms with E-state index in [1.807, 2.05) is 0 Å². The van der Waals surface area contributed by atoms with Gasteiger partial charge in [0.1, 0.15) is 0 Å². The molecular weight excluding hydrogens is 329 g/mol. The molecule has 0 amide bonds. The maximum atomic E-state index is 2.89. The highest BCUT2D eigenvalue weighted by Gasteiger charge is 2.64. The molecule has 0 aliphatic carbocycles. The Balaban J connectivity index is 2.61. The number of rotatable bonds is 1. The lowest BCUT2D eigenvalue weighted by Crippen LogP contribution is -2.82. The summed E-state index contributed by atoms with van der Waals surface area (Å²) in [6.45, 7) is 26.7. The Morgan fingerprint density at radius 3 is 0.955 bits per heavy atom. The van der Waals surface area contributed by atoms with Crippen LogP contribution >= 0.6 is 0 Å². The van der Waals surface area contributed by atoms with Crippen LogP contribution in [0.5, 0.6) is 0 Å². The summed E-state index contributed by atoms with van der Waals surface area (Å²) in [5.74, 6) is 0. The zero-order valence-electron chi connectivity index (χ0n) is 16.8. The number of hydrogen-bond acceptors (Lipinski definition) is 0. The molecule has 0 saturated carbocycles. The van der Waals surface area contributed by atoms with Crippen molar-refractivity contribution >= 4 is 29.4 Å². The minimum Gasteiger partial charge on any atom is -0.0778 e. The number of allylic oxidation sites excluding steroid dienone is 4. The first kappa shape index (κ1) is 18.7. The van der Waals surface area contributed by atoms with E-state index >= 15 is 0 Å². The first-order valence-corrected chi connectivity index (χ1v) is 23.9. The highest BCUT2D eigenvalue weighted by atomic mass is 29.8.